The molecule has 0 aliphatic heterocycles. The fourth-order valence-corrected chi connectivity index (χ4v) is 3.16. The van der Waals surface area contributed by atoms with Gasteiger partial charge in [-0.05, 0) is 24.3 Å². The lowest BCUT2D eigenvalue weighted by atomic mass is 10.1. The molecule has 0 bridgehead atoms. The summed E-state index contributed by atoms with van der Waals surface area (Å²) in [5.41, 5.74) is 13.0. The number of unbranched alkanes of at least 4 members (excludes halogenated alkanes) is 3. The molecule has 0 spiro atoms. The average Bonchev–Trinajstić information content (AvgIpc) is 2.54. The third kappa shape index (κ3) is 4.60. The maximum Gasteiger partial charge on any atom is 0.222 e. The Bertz CT molecular complexity index is 691. The minimum absolute atomic E-state index is 0.0749. The van der Waals surface area contributed by atoms with Crippen LogP contribution in [0.5, 0.6) is 0 Å². The van der Waals surface area contributed by atoms with E-state index in [0.29, 0.717) is 5.69 Å². The Morgan fingerprint density at radius 2 is 1.83 bits per heavy atom. The molecule has 0 atom stereocenters. The summed E-state index contributed by atoms with van der Waals surface area (Å²) in [5.74, 6) is 1.31. The Balaban J connectivity index is 2.10. The van der Waals surface area contributed by atoms with Crippen LogP contribution in [0.2, 0.25) is 0 Å². The zero-order valence-electron chi connectivity index (χ0n) is 13.2. The van der Waals surface area contributed by atoms with Gasteiger partial charge in [-0.3, -0.25) is 0 Å². The zero-order valence-corrected chi connectivity index (χ0v) is 14.1. The molecule has 0 saturated heterocycles. The second kappa shape index (κ2) is 8.39. The van der Waals surface area contributed by atoms with Gasteiger partial charge in [-0.2, -0.15) is 10.2 Å². The molecule has 1 heterocycles. The molecule has 2 rings (SSSR count). The van der Waals surface area contributed by atoms with E-state index in [0.717, 1.165) is 11.3 Å². The van der Waals surface area contributed by atoms with Gasteiger partial charge in [-0.1, -0.05) is 38.3 Å². The highest BCUT2D eigenvalue weighted by Gasteiger charge is 2.13. The fourth-order valence-electron chi connectivity index (χ4n) is 2.24. The van der Waals surface area contributed by atoms with Crippen molar-refractivity contribution in [3.05, 3.63) is 29.8 Å². The Morgan fingerprint density at radius 1 is 1.09 bits per heavy atom. The maximum atomic E-state index is 9.24. The molecule has 0 amide bonds. The molecule has 0 unspecified atom stereocenters. The van der Waals surface area contributed by atoms with Crippen LogP contribution in [-0.4, -0.2) is 15.7 Å². The first-order valence-electron chi connectivity index (χ1n) is 7.72. The zero-order chi connectivity index (χ0) is 16.7. The first kappa shape index (κ1) is 17.1. The van der Waals surface area contributed by atoms with Crippen LogP contribution in [0.25, 0.3) is 11.3 Å². The Morgan fingerprint density at radius 3 is 2.48 bits per heavy atom. The van der Waals surface area contributed by atoms with Gasteiger partial charge in [0.25, 0.3) is 0 Å². The molecule has 6 heteroatoms. The number of benzene rings is 1. The number of rotatable bonds is 7. The van der Waals surface area contributed by atoms with E-state index in [2.05, 4.69) is 16.9 Å². The lowest BCUT2D eigenvalue weighted by Crippen LogP contribution is -2.04. The van der Waals surface area contributed by atoms with Crippen molar-refractivity contribution in [1.82, 2.24) is 9.97 Å². The summed E-state index contributed by atoms with van der Waals surface area (Å²) in [6.45, 7) is 2.22. The second-order valence-electron chi connectivity index (χ2n) is 5.24. The van der Waals surface area contributed by atoms with Gasteiger partial charge >= 0.3 is 0 Å². The number of nitrogens with zero attached hydrogens (tertiary/aromatic N) is 3. The molecule has 1 aromatic heterocycles. The lowest BCUT2D eigenvalue weighted by Gasteiger charge is -2.07. The second-order valence-corrected chi connectivity index (χ2v) is 6.40. The van der Waals surface area contributed by atoms with Crippen LogP contribution in [0, 0.1) is 11.3 Å². The fraction of sp³-hybridized carbons (Fsp3) is 0.353. The van der Waals surface area contributed by atoms with E-state index in [1.807, 2.05) is 42.1 Å². The average molecular weight is 327 g/mol. The minimum atomic E-state index is 0.0749. The van der Waals surface area contributed by atoms with E-state index in [-0.39, 0.29) is 17.3 Å². The molecule has 0 aliphatic carbocycles. The summed E-state index contributed by atoms with van der Waals surface area (Å²) in [6, 6.07) is 10.0. The van der Waals surface area contributed by atoms with Crippen LogP contribution < -0.4 is 11.5 Å². The van der Waals surface area contributed by atoms with Crippen molar-refractivity contribution in [3.63, 3.8) is 0 Å². The summed E-state index contributed by atoms with van der Waals surface area (Å²) >= 11 is 1.84. The van der Waals surface area contributed by atoms with E-state index < -0.39 is 0 Å². The van der Waals surface area contributed by atoms with Crippen LogP contribution in [0.1, 0.15) is 38.2 Å². The number of anilines is 2. The molecule has 2 aromatic rings. The van der Waals surface area contributed by atoms with Crippen LogP contribution in [-0.2, 0) is 0 Å². The predicted molar refractivity (Wildman–Crippen MR) is 95.9 cm³/mol. The largest absolute Gasteiger partial charge is 0.382 e. The monoisotopic (exact) mass is 327 g/mol. The van der Waals surface area contributed by atoms with Gasteiger partial charge in [0.15, 0.2) is 0 Å². The van der Waals surface area contributed by atoms with Crippen LogP contribution in [0.3, 0.4) is 0 Å². The molecular weight excluding hydrogens is 306 g/mol. The molecule has 120 valence electrons. The standard InChI is InChI=1S/C17H21N5S/c1-2-3-4-5-10-23-13-8-6-12(7-9-13)15-14(11-18)16(19)22-17(20)21-15/h6-9H,2-5,10H2,1H3,(H4,19,20,21,22). The maximum absolute atomic E-state index is 9.24. The molecule has 5 nitrogen and oxygen atoms in total. The molecular formula is C17H21N5S. The minimum Gasteiger partial charge on any atom is -0.382 e. The van der Waals surface area contributed by atoms with E-state index in [4.69, 9.17) is 11.5 Å². The topological polar surface area (TPSA) is 102 Å². The summed E-state index contributed by atoms with van der Waals surface area (Å²) in [7, 11) is 0. The van der Waals surface area contributed by atoms with Crippen LogP contribution >= 0.6 is 11.8 Å². The van der Waals surface area contributed by atoms with Crippen molar-refractivity contribution in [2.75, 3.05) is 17.2 Å². The van der Waals surface area contributed by atoms with E-state index in [1.165, 1.54) is 30.6 Å². The van der Waals surface area contributed by atoms with Crippen molar-refractivity contribution < 1.29 is 0 Å². The van der Waals surface area contributed by atoms with Gasteiger partial charge in [-0.15, -0.1) is 11.8 Å². The Hall–Kier alpha value is -2.26. The first-order chi connectivity index (χ1) is 11.2. The molecule has 0 radical (unpaired) electrons. The molecule has 4 N–H and O–H groups in total. The highest BCUT2D eigenvalue weighted by molar-refractivity contribution is 7.99. The number of aromatic nitrogens is 2. The number of hydrogen-bond donors (Lipinski definition) is 2. The number of nitriles is 1. The summed E-state index contributed by atoms with van der Waals surface area (Å²) in [5, 5.41) is 9.24. The van der Waals surface area contributed by atoms with Crippen molar-refractivity contribution in [3.8, 4) is 17.3 Å². The smallest absolute Gasteiger partial charge is 0.222 e. The van der Waals surface area contributed by atoms with Crippen molar-refractivity contribution in [2.45, 2.75) is 37.5 Å². The van der Waals surface area contributed by atoms with Crippen molar-refractivity contribution in [1.29, 1.82) is 5.26 Å². The number of thioether (sulfide) groups is 1. The third-order valence-corrected chi connectivity index (χ3v) is 4.56. The van der Waals surface area contributed by atoms with Crippen molar-refractivity contribution in [2.24, 2.45) is 0 Å². The summed E-state index contributed by atoms with van der Waals surface area (Å²) < 4.78 is 0. The molecule has 1 aromatic carbocycles. The van der Waals surface area contributed by atoms with Gasteiger partial charge in [0.1, 0.15) is 17.5 Å². The van der Waals surface area contributed by atoms with E-state index >= 15 is 0 Å². The van der Waals surface area contributed by atoms with E-state index in [9.17, 15) is 5.26 Å². The number of nitrogen functional groups attached to an aromatic ring is 2. The van der Waals surface area contributed by atoms with Gasteiger partial charge in [0, 0.05) is 10.5 Å². The summed E-state index contributed by atoms with van der Waals surface area (Å²) in [6.07, 6.45) is 5.07. The highest BCUT2D eigenvalue weighted by Crippen LogP contribution is 2.28. The van der Waals surface area contributed by atoms with Crippen LogP contribution in [0.15, 0.2) is 29.2 Å². The third-order valence-electron chi connectivity index (χ3n) is 3.46. The van der Waals surface area contributed by atoms with Gasteiger partial charge in [0.05, 0.1) is 5.69 Å². The molecule has 23 heavy (non-hydrogen) atoms. The highest BCUT2D eigenvalue weighted by atomic mass is 32.2. The van der Waals surface area contributed by atoms with Crippen LogP contribution in [0.4, 0.5) is 11.8 Å². The van der Waals surface area contributed by atoms with Gasteiger partial charge in [0.2, 0.25) is 5.95 Å². The van der Waals surface area contributed by atoms with Gasteiger partial charge < -0.3 is 11.5 Å². The predicted octanol–water partition coefficient (Wildman–Crippen LogP) is 3.85. The van der Waals surface area contributed by atoms with E-state index in [1.54, 1.807) is 0 Å². The number of nitrogens with two attached hydrogens (primary N) is 2. The normalized spacial score (nSPS) is 10.4. The SMILES string of the molecule is CCCCCCSc1ccc(-c2nc(N)nc(N)c2C#N)cc1. The summed E-state index contributed by atoms with van der Waals surface area (Å²) in [4.78, 5) is 9.20. The first-order valence-corrected chi connectivity index (χ1v) is 8.70. The van der Waals surface area contributed by atoms with Gasteiger partial charge in [-0.25, -0.2) is 4.98 Å². The Kier molecular flexibility index (Phi) is 6.24. The lowest BCUT2D eigenvalue weighted by molar-refractivity contribution is 0.706. The molecule has 0 aliphatic rings. The Labute approximate surface area is 141 Å². The molecule has 0 fully saturated rings. The quantitative estimate of drug-likeness (QED) is 0.591. The van der Waals surface area contributed by atoms with Crippen molar-refractivity contribution >= 4 is 23.5 Å². The number of hydrogen-bond acceptors (Lipinski definition) is 6. The molecule has 0 saturated carbocycles.